The van der Waals surface area contributed by atoms with E-state index in [0.29, 0.717) is 22.0 Å². The van der Waals surface area contributed by atoms with Crippen molar-refractivity contribution < 1.29 is 19.5 Å². The van der Waals surface area contributed by atoms with Crippen molar-refractivity contribution in [2.24, 2.45) is 0 Å². The number of benzene rings is 2. The molecular formula is C18H17ClN2O4. The highest BCUT2D eigenvalue weighted by atomic mass is 35.5. The molecule has 7 heteroatoms. The zero-order valence-electron chi connectivity index (χ0n) is 13.5. The molecule has 0 bridgehead atoms. The van der Waals surface area contributed by atoms with E-state index in [9.17, 15) is 19.5 Å². The summed E-state index contributed by atoms with van der Waals surface area (Å²) >= 11 is 5.98. The summed E-state index contributed by atoms with van der Waals surface area (Å²) in [5.41, 5.74) is 1.33. The molecule has 0 heterocycles. The van der Waals surface area contributed by atoms with Gasteiger partial charge in [-0.05, 0) is 23.8 Å². The Morgan fingerprint density at radius 1 is 1.08 bits per heavy atom. The van der Waals surface area contributed by atoms with Crippen LogP contribution >= 0.6 is 11.6 Å². The second-order valence-corrected chi connectivity index (χ2v) is 5.84. The van der Waals surface area contributed by atoms with Gasteiger partial charge < -0.3 is 15.7 Å². The molecule has 3 N–H and O–H groups in total. The predicted octanol–water partition coefficient (Wildman–Crippen LogP) is 3.50. The van der Waals surface area contributed by atoms with Gasteiger partial charge >= 0.3 is 5.97 Å². The molecule has 2 aromatic rings. The van der Waals surface area contributed by atoms with Crippen LogP contribution in [0.15, 0.2) is 48.5 Å². The summed E-state index contributed by atoms with van der Waals surface area (Å²) in [5.74, 6) is -2.76. The number of nitrogens with one attached hydrogen (secondary N) is 2. The summed E-state index contributed by atoms with van der Waals surface area (Å²) in [4.78, 5) is 34.8. The van der Waals surface area contributed by atoms with Crippen LogP contribution in [0, 0.1) is 0 Å². The van der Waals surface area contributed by atoms with Gasteiger partial charge in [0.05, 0.1) is 16.6 Å². The lowest BCUT2D eigenvalue weighted by Gasteiger charge is -2.14. The van der Waals surface area contributed by atoms with Crippen molar-refractivity contribution in [2.45, 2.75) is 19.3 Å². The van der Waals surface area contributed by atoms with Crippen LogP contribution in [0.5, 0.6) is 0 Å². The average Bonchev–Trinajstić information content (AvgIpc) is 2.56. The molecule has 0 aliphatic carbocycles. The third kappa shape index (κ3) is 5.32. The van der Waals surface area contributed by atoms with Gasteiger partial charge in [0.25, 0.3) is 0 Å². The van der Waals surface area contributed by atoms with Crippen LogP contribution in [0.25, 0.3) is 0 Å². The van der Waals surface area contributed by atoms with Crippen molar-refractivity contribution in [2.75, 3.05) is 10.6 Å². The van der Waals surface area contributed by atoms with Crippen molar-refractivity contribution in [3.8, 4) is 0 Å². The van der Waals surface area contributed by atoms with Crippen molar-refractivity contribution in [1.29, 1.82) is 0 Å². The van der Waals surface area contributed by atoms with E-state index in [4.69, 9.17) is 11.6 Å². The zero-order valence-corrected chi connectivity index (χ0v) is 14.2. The molecule has 0 aromatic heterocycles. The Morgan fingerprint density at radius 2 is 1.76 bits per heavy atom. The number of carboxylic acids is 1. The molecule has 25 heavy (non-hydrogen) atoms. The summed E-state index contributed by atoms with van der Waals surface area (Å²) < 4.78 is 0. The third-order valence-corrected chi connectivity index (χ3v) is 3.78. The Bertz CT molecular complexity index is 793. The molecule has 2 amide bonds. The van der Waals surface area contributed by atoms with Crippen LogP contribution < -0.4 is 10.6 Å². The third-order valence-electron chi connectivity index (χ3n) is 3.45. The second kappa shape index (κ2) is 8.30. The molecule has 130 valence electrons. The highest BCUT2D eigenvalue weighted by Crippen LogP contribution is 2.26. The fraction of sp³-hybridized carbons (Fsp3) is 0.167. The number of anilines is 2. The smallest absolute Gasteiger partial charge is 0.311 e. The van der Waals surface area contributed by atoms with Gasteiger partial charge in [-0.2, -0.15) is 0 Å². The van der Waals surface area contributed by atoms with Gasteiger partial charge in [0.15, 0.2) is 0 Å². The Balaban J connectivity index is 2.11. The van der Waals surface area contributed by atoms with Gasteiger partial charge in [0.1, 0.15) is 0 Å². The maximum absolute atomic E-state index is 12.2. The number of carboxylic acid groups (broad SMARTS) is 1. The minimum absolute atomic E-state index is 0.211. The van der Waals surface area contributed by atoms with E-state index in [1.54, 1.807) is 36.4 Å². The molecule has 0 unspecified atom stereocenters. The largest absolute Gasteiger partial charge is 0.481 e. The van der Waals surface area contributed by atoms with E-state index in [2.05, 4.69) is 10.6 Å². The van der Waals surface area contributed by atoms with Gasteiger partial charge in [-0.3, -0.25) is 14.4 Å². The number of carbonyl (C=O) groups excluding carboxylic acids is 2. The Labute approximate surface area is 149 Å². The summed E-state index contributed by atoms with van der Waals surface area (Å²) in [5, 5.41) is 14.9. The number of hydrogen-bond acceptors (Lipinski definition) is 3. The maximum atomic E-state index is 12.2. The van der Waals surface area contributed by atoms with Gasteiger partial charge in [0, 0.05) is 19.0 Å². The molecular weight excluding hydrogens is 344 g/mol. The summed E-state index contributed by atoms with van der Waals surface area (Å²) in [6.07, 6.45) is -0.211. The normalized spacial score (nSPS) is 11.4. The first-order valence-electron chi connectivity index (χ1n) is 7.51. The Kier molecular flexibility index (Phi) is 6.14. The minimum Gasteiger partial charge on any atom is -0.481 e. The molecule has 0 aliphatic heterocycles. The van der Waals surface area contributed by atoms with Gasteiger partial charge in [0.2, 0.25) is 11.8 Å². The van der Waals surface area contributed by atoms with Crippen LogP contribution in [-0.2, 0) is 14.4 Å². The van der Waals surface area contributed by atoms with Gasteiger partial charge in [-0.15, -0.1) is 0 Å². The Morgan fingerprint density at radius 3 is 2.36 bits per heavy atom. The topological polar surface area (TPSA) is 95.5 Å². The van der Waals surface area contributed by atoms with Crippen LogP contribution in [-0.4, -0.2) is 22.9 Å². The molecule has 1 atom stereocenters. The predicted molar refractivity (Wildman–Crippen MR) is 95.8 cm³/mol. The van der Waals surface area contributed by atoms with E-state index in [-0.39, 0.29) is 12.3 Å². The fourth-order valence-corrected chi connectivity index (χ4v) is 2.48. The molecule has 6 nitrogen and oxygen atoms in total. The van der Waals surface area contributed by atoms with Crippen molar-refractivity contribution in [3.63, 3.8) is 0 Å². The molecule has 0 saturated carbocycles. The molecule has 0 aliphatic rings. The van der Waals surface area contributed by atoms with Gasteiger partial charge in [-0.1, -0.05) is 41.9 Å². The number of halogens is 1. The van der Waals surface area contributed by atoms with Crippen LogP contribution in [0.4, 0.5) is 11.4 Å². The number of carbonyl (C=O) groups is 3. The zero-order chi connectivity index (χ0) is 18.4. The molecule has 0 fully saturated rings. The molecule has 0 spiro atoms. The van der Waals surface area contributed by atoms with Crippen LogP contribution in [0.1, 0.15) is 24.8 Å². The van der Waals surface area contributed by atoms with E-state index in [1.807, 2.05) is 0 Å². The first-order chi connectivity index (χ1) is 11.9. The second-order valence-electron chi connectivity index (χ2n) is 5.43. The number of hydrogen-bond donors (Lipinski definition) is 3. The fourth-order valence-electron chi connectivity index (χ4n) is 2.32. The Hall–Kier alpha value is -2.86. The summed E-state index contributed by atoms with van der Waals surface area (Å²) in [6.45, 7) is 1.35. The molecule has 2 aromatic carbocycles. The van der Waals surface area contributed by atoms with Crippen molar-refractivity contribution in [3.05, 3.63) is 59.1 Å². The lowest BCUT2D eigenvalue weighted by Crippen LogP contribution is -2.21. The monoisotopic (exact) mass is 360 g/mol. The highest BCUT2D eigenvalue weighted by Gasteiger charge is 2.23. The standard InChI is InChI=1S/C18H17ClN2O4/c1-11(22)20-16-9-13(7-8-15(16)19)21-17(23)10-14(18(24)25)12-5-3-2-4-6-12/h2-9,14H,10H2,1H3,(H,20,22)(H,21,23)(H,24,25)/t14-/m0/s1. The minimum atomic E-state index is -1.07. The van der Waals surface area contributed by atoms with E-state index in [0.717, 1.165) is 0 Å². The number of amides is 2. The molecule has 2 rings (SSSR count). The van der Waals surface area contributed by atoms with Crippen LogP contribution in [0.3, 0.4) is 0 Å². The van der Waals surface area contributed by atoms with Crippen LogP contribution in [0.2, 0.25) is 5.02 Å². The lowest BCUT2D eigenvalue weighted by atomic mass is 9.95. The first-order valence-corrected chi connectivity index (χ1v) is 7.89. The number of aliphatic carboxylic acids is 1. The van der Waals surface area contributed by atoms with Crippen molar-refractivity contribution in [1.82, 2.24) is 0 Å². The van der Waals surface area contributed by atoms with E-state index < -0.39 is 17.8 Å². The van der Waals surface area contributed by atoms with Gasteiger partial charge in [-0.25, -0.2) is 0 Å². The van der Waals surface area contributed by atoms with E-state index in [1.165, 1.54) is 19.1 Å². The number of rotatable bonds is 6. The summed E-state index contributed by atoms with van der Waals surface area (Å²) in [6, 6.07) is 13.2. The SMILES string of the molecule is CC(=O)Nc1cc(NC(=O)C[C@H](C(=O)O)c2ccccc2)ccc1Cl. The van der Waals surface area contributed by atoms with E-state index >= 15 is 0 Å². The summed E-state index contributed by atoms with van der Waals surface area (Å²) in [7, 11) is 0. The average molecular weight is 361 g/mol. The first kappa shape index (κ1) is 18.5. The maximum Gasteiger partial charge on any atom is 0.311 e. The molecule has 0 saturated heterocycles. The molecule has 0 radical (unpaired) electrons. The highest BCUT2D eigenvalue weighted by molar-refractivity contribution is 6.33. The van der Waals surface area contributed by atoms with Crippen molar-refractivity contribution >= 4 is 40.8 Å². The quantitative estimate of drug-likeness (QED) is 0.734. The lowest BCUT2D eigenvalue weighted by molar-refractivity contribution is -0.140.